The van der Waals surface area contributed by atoms with Gasteiger partial charge in [0.1, 0.15) is 0 Å². The van der Waals surface area contributed by atoms with Gasteiger partial charge in [-0.3, -0.25) is 9.88 Å². The Morgan fingerprint density at radius 2 is 1.95 bits per heavy atom. The van der Waals surface area contributed by atoms with E-state index < -0.39 is 12.2 Å². The van der Waals surface area contributed by atoms with E-state index in [0.717, 1.165) is 42.4 Å². The molecular formula is C17H20N2O2. The maximum absolute atomic E-state index is 10.9. The van der Waals surface area contributed by atoms with Gasteiger partial charge in [0.25, 0.3) is 0 Å². The fourth-order valence-electron chi connectivity index (χ4n) is 4.01. The third-order valence-electron chi connectivity index (χ3n) is 5.15. The quantitative estimate of drug-likeness (QED) is 0.881. The molecule has 0 saturated carbocycles. The molecule has 5 rings (SSSR count). The molecule has 4 nitrogen and oxygen atoms in total. The average molecular weight is 284 g/mol. The van der Waals surface area contributed by atoms with Gasteiger partial charge in [0.05, 0.1) is 23.8 Å². The molecule has 4 heteroatoms. The van der Waals surface area contributed by atoms with Crippen LogP contribution in [0.5, 0.6) is 0 Å². The summed E-state index contributed by atoms with van der Waals surface area (Å²) in [5.74, 6) is 0.336. The number of pyridine rings is 1. The van der Waals surface area contributed by atoms with Gasteiger partial charge in [0.15, 0.2) is 0 Å². The van der Waals surface area contributed by atoms with Gasteiger partial charge in [-0.2, -0.15) is 0 Å². The van der Waals surface area contributed by atoms with E-state index in [2.05, 4.69) is 9.88 Å². The second-order valence-electron chi connectivity index (χ2n) is 6.22. The average Bonchev–Trinajstić information content (AvgIpc) is 2.55. The van der Waals surface area contributed by atoms with Crippen LogP contribution < -0.4 is 0 Å². The van der Waals surface area contributed by atoms with Crippen molar-refractivity contribution in [3.8, 4) is 0 Å². The van der Waals surface area contributed by atoms with E-state index in [1.807, 2.05) is 30.3 Å². The minimum atomic E-state index is -0.670. The lowest BCUT2D eigenvalue weighted by Gasteiger charge is -2.50. The van der Waals surface area contributed by atoms with Crippen LogP contribution in [0.3, 0.4) is 0 Å². The maximum Gasteiger partial charge on any atom is 0.0977 e. The number of aliphatic hydroxyl groups excluding tert-OH is 2. The van der Waals surface area contributed by atoms with Crippen LogP contribution in [0.4, 0.5) is 0 Å². The lowest BCUT2D eigenvalue weighted by Crippen LogP contribution is -2.59. The molecule has 0 spiro atoms. The summed E-state index contributed by atoms with van der Waals surface area (Å²) in [4.78, 5) is 6.59. The fourth-order valence-corrected chi connectivity index (χ4v) is 4.01. The second kappa shape index (κ2) is 5.05. The summed E-state index contributed by atoms with van der Waals surface area (Å²) in [5, 5.41) is 22.4. The van der Waals surface area contributed by atoms with Crippen LogP contribution in [-0.2, 0) is 0 Å². The lowest BCUT2D eigenvalue weighted by molar-refractivity contribution is -0.115. The molecule has 2 bridgehead atoms. The fraction of sp³-hybridized carbons (Fsp3) is 0.471. The van der Waals surface area contributed by atoms with E-state index in [1.54, 1.807) is 6.20 Å². The Morgan fingerprint density at radius 1 is 1.14 bits per heavy atom. The molecule has 3 aliphatic heterocycles. The molecule has 1 unspecified atom stereocenters. The van der Waals surface area contributed by atoms with Crippen molar-refractivity contribution in [3.63, 3.8) is 0 Å². The number of nitrogens with zero attached hydrogens (tertiary/aromatic N) is 2. The van der Waals surface area contributed by atoms with Crippen LogP contribution in [-0.4, -0.2) is 45.3 Å². The molecule has 110 valence electrons. The molecule has 2 aromatic rings. The first-order valence-corrected chi connectivity index (χ1v) is 7.69. The van der Waals surface area contributed by atoms with Crippen molar-refractivity contribution < 1.29 is 10.2 Å². The van der Waals surface area contributed by atoms with Crippen molar-refractivity contribution in [2.75, 3.05) is 13.1 Å². The lowest BCUT2D eigenvalue weighted by atomic mass is 9.77. The number of fused-ring (bicyclic) bond motifs is 4. The van der Waals surface area contributed by atoms with Gasteiger partial charge in [-0.05, 0) is 49.5 Å². The van der Waals surface area contributed by atoms with Crippen LogP contribution in [0.25, 0.3) is 10.9 Å². The highest BCUT2D eigenvalue weighted by Crippen LogP contribution is 2.39. The topological polar surface area (TPSA) is 56.6 Å². The highest BCUT2D eigenvalue weighted by Gasteiger charge is 2.45. The molecule has 3 saturated heterocycles. The Hall–Kier alpha value is -1.49. The van der Waals surface area contributed by atoms with Crippen LogP contribution in [0.2, 0.25) is 0 Å². The van der Waals surface area contributed by atoms with Gasteiger partial charge in [-0.25, -0.2) is 0 Å². The van der Waals surface area contributed by atoms with E-state index >= 15 is 0 Å². The van der Waals surface area contributed by atoms with Crippen molar-refractivity contribution in [2.24, 2.45) is 5.92 Å². The monoisotopic (exact) mass is 284 g/mol. The molecule has 3 aliphatic rings. The number of aliphatic hydroxyl groups is 2. The zero-order chi connectivity index (χ0) is 14.4. The van der Waals surface area contributed by atoms with Crippen molar-refractivity contribution in [1.82, 2.24) is 9.88 Å². The van der Waals surface area contributed by atoms with Gasteiger partial charge in [-0.1, -0.05) is 18.2 Å². The molecule has 3 fully saturated rings. The van der Waals surface area contributed by atoms with Gasteiger partial charge in [0, 0.05) is 11.6 Å². The zero-order valence-corrected chi connectivity index (χ0v) is 11.9. The molecule has 0 radical (unpaired) electrons. The number of piperidine rings is 3. The van der Waals surface area contributed by atoms with Crippen LogP contribution in [0, 0.1) is 5.92 Å². The number of benzene rings is 1. The highest BCUT2D eigenvalue weighted by atomic mass is 16.3. The van der Waals surface area contributed by atoms with E-state index in [9.17, 15) is 10.2 Å². The summed E-state index contributed by atoms with van der Waals surface area (Å²) < 4.78 is 0. The molecule has 1 aromatic carbocycles. The van der Waals surface area contributed by atoms with Gasteiger partial charge in [-0.15, -0.1) is 0 Å². The Bertz CT molecular complexity index is 645. The van der Waals surface area contributed by atoms with E-state index in [4.69, 9.17) is 0 Å². The predicted octanol–water partition coefficient (Wildman–Crippen LogP) is 1.72. The number of rotatable bonds is 2. The van der Waals surface area contributed by atoms with Crippen molar-refractivity contribution in [1.29, 1.82) is 0 Å². The van der Waals surface area contributed by atoms with Crippen LogP contribution in [0.15, 0.2) is 36.5 Å². The molecule has 4 heterocycles. The van der Waals surface area contributed by atoms with Crippen LogP contribution in [0.1, 0.15) is 24.5 Å². The third kappa shape index (κ3) is 2.06. The summed E-state index contributed by atoms with van der Waals surface area (Å²) in [6.45, 7) is 1.96. The molecule has 1 aromatic heterocycles. The standard InChI is InChI=1S/C17H20N2O2/c20-16-11-6-9-19(10-7-11)15(16)17(21)13-3-1-5-14-12(13)4-2-8-18-14/h1-5,8,11,15-17,20-21H,6-7,9-10H2/t15-,16?,17+/m0/s1. The first kappa shape index (κ1) is 13.2. The SMILES string of the molecule is OC1C2CCN(CC2)[C@@H]1[C@H](O)c1cccc2ncccc12. The van der Waals surface area contributed by atoms with E-state index in [1.165, 1.54) is 0 Å². The van der Waals surface area contributed by atoms with Crippen molar-refractivity contribution >= 4 is 10.9 Å². The van der Waals surface area contributed by atoms with Crippen molar-refractivity contribution in [2.45, 2.75) is 31.1 Å². The Labute approximate surface area is 124 Å². The van der Waals surface area contributed by atoms with E-state index in [0.29, 0.717) is 5.92 Å². The smallest absolute Gasteiger partial charge is 0.0977 e. The molecule has 0 amide bonds. The van der Waals surface area contributed by atoms with Gasteiger partial charge < -0.3 is 10.2 Å². The summed E-state index contributed by atoms with van der Waals surface area (Å²) in [6.07, 6.45) is 2.74. The molecule has 21 heavy (non-hydrogen) atoms. The third-order valence-corrected chi connectivity index (χ3v) is 5.15. The van der Waals surface area contributed by atoms with Gasteiger partial charge >= 0.3 is 0 Å². The van der Waals surface area contributed by atoms with Crippen LogP contribution >= 0.6 is 0 Å². The normalized spacial score (nSPS) is 33.2. The van der Waals surface area contributed by atoms with E-state index in [-0.39, 0.29) is 6.04 Å². The highest BCUT2D eigenvalue weighted by molar-refractivity contribution is 5.82. The maximum atomic E-state index is 10.9. The molecule has 0 aliphatic carbocycles. The predicted molar refractivity (Wildman–Crippen MR) is 80.8 cm³/mol. The number of aromatic nitrogens is 1. The summed E-state index contributed by atoms with van der Waals surface area (Å²) in [7, 11) is 0. The molecule has 3 atom stereocenters. The largest absolute Gasteiger partial charge is 0.391 e. The Morgan fingerprint density at radius 3 is 2.71 bits per heavy atom. The molecular weight excluding hydrogens is 264 g/mol. The minimum Gasteiger partial charge on any atom is -0.391 e. The molecule has 2 N–H and O–H groups in total. The number of hydrogen-bond donors (Lipinski definition) is 2. The van der Waals surface area contributed by atoms with Crippen molar-refractivity contribution in [3.05, 3.63) is 42.1 Å². The Kier molecular flexibility index (Phi) is 3.17. The zero-order valence-electron chi connectivity index (χ0n) is 11.9. The first-order valence-electron chi connectivity index (χ1n) is 7.69. The minimum absolute atomic E-state index is 0.191. The Balaban J connectivity index is 1.75. The summed E-state index contributed by atoms with van der Waals surface area (Å²) in [5.41, 5.74) is 1.76. The van der Waals surface area contributed by atoms with Gasteiger partial charge in [0.2, 0.25) is 0 Å². The first-order chi connectivity index (χ1) is 10.3. The number of hydrogen-bond acceptors (Lipinski definition) is 4. The summed E-state index contributed by atoms with van der Waals surface area (Å²) >= 11 is 0. The second-order valence-corrected chi connectivity index (χ2v) is 6.22. The summed E-state index contributed by atoms with van der Waals surface area (Å²) in [6, 6.07) is 9.52.